The van der Waals surface area contributed by atoms with E-state index in [1.165, 1.54) is 5.56 Å². The largest absolute Gasteiger partial charge is 0.346 e. The first-order valence-electron chi connectivity index (χ1n) is 6.23. The lowest BCUT2D eigenvalue weighted by Crippen LogP contribution is -2.46. The molecule has 2 aromatic rings. The zero-order valence-corrected chi connectivity index (χ0v) is 10.2. The molecular formula is C14H16N4. The Hall–Kier alpha value is -1.94. The number of aromatic nitrogens is 2. The van der Waals surface area contributed by atoms with Gasteiger partial charge in [-0.25, -0.2) is 4.98 Å². The van der Waals surface area contributed by atoms with Crippen LogP contribution in [0.1, 0.15) is 11.6 Å². The quantitative estimate of drug-likeness (QED) is 0.866. The van der Waals surface area contributed by atoms with Gasteiger partial charge in [0.25, 0.3) is 0 Å². The van der Waals surface area contributed by atoms with Crippen LogP contribution < -0.4 is 10.2 Å². The molecule has 1 saturated heterocycles. The number of nitrogens with zero attached hydrogens (tertiary/aromatic N) is 3. The van der Waals surface area contributed by atoms with Crippen LogP contribution in [0, 0.1) is 0 Å². The molecule has 0 bridgehead atoms. The normalized spacial score (nSPS) is 19.8. The zero-order chi connectivity index (χ0) is 12.2. The summed E-state index contributed by atoms with van der Waals surface area (Å²) in [6.07, 6.45) is 5.30. The molecule has 2 heterocycles. The van der Waals surface area contributed by atoms with Gasteiger partial charge in [-0.05, 0) is 5.56 Å². The van der Waals surface area contributed by atoms with Crippen LogP contribution in [0.15, 0.2) is 48.9 Å². The Morgan fingerprint density at radius 1 is 1.17 bits per heavy atom. The number of benzene rings is 1. The summed E-state index contributed by atoms with van der Waals surface area (Å²) in [5.41, 5.74) is 1.32. The average Bonchev–Trinajstić information content (AvgIpc) is 2.49. The summed E-state index contributed by atoms with van der Waals surface area (Å²) in [7, 11) is 0. The first-order chi connectivity index (χ1) is 8.95. The van der Waals surface area contributed by atoms with Crippen LogP contribution in [-0.2, 0) is 0 Å². The van der Waals surface area contributed by atoms with Crippen molar-refractivity contribution < 1.29 is 0 Å². The van der Waals surface area contributed by atoms with Gasteiger partial charge in [-0.3, -0.25) is 4.98 Å². The minimum atomic E-state index is 0.330. The maximum atomic E-state index is 4.41. The molecule has 1 unspecified atom stereocenters. The number of nitrogens with one attached hydrogen (secondary N) is 1. The van der Waals surface area contributed by atoms with Crippen LogP contribution in [0.2, 0.25) is 0 Å². The summed E-state index contributed by atoms with van der Waals surface area (Å²) in [6, 6.07) is 10.9. The third kappa shape index (κ3) is 2.19. The lowest BCUT2D eigenvalue weighted by molar-refractivity contribution is 0.486. The number of anilines is 1. The van der Waals surface area contributed by atoms with E-state index in [0.29, 0.717) is 6.04 Å². The highest BCUT2D eigenvalue weighted by Gasteiger charge is 2.24. The smallest absolute Gasteiger partial charge is 0.147 e. The molecule has 1 aromatic heterocycles. The average molecular weight is 240 g/mol. The Kier molecular flexibility index (Phi) is 3.19. The molecule has 0 spiro atoms. The van der Waals surface area contributed by atoms with Crippen molar-refractivity contribution in [3.8, 4) is 0 Å². The first-order valence-corrected chi connectivity index (χ1v) is 6.23. The van der Waals surface area contributed by atoms with E-state index in [4.69, 9.17) is 0 Å². The van der Waals surface area contributed by atoms with Crippen molar-refractivity contribution in [1.82, 2.24) is 15.3 Å². The number of piperazine rings is 1. The van der Waals surface area contributed by atoms with E-state index in [9.17, 15) is 0 Å². The van der Waals surface area contributed by atoms with E-state index in [-0.39, 0.29) is 0 Å². The molecule has 4 heteroatoms. The summed E-state index contributed by atoms with van der Waals surface area (Å²) >= 11 is 0. The highest BCUT2D eigenvalue weighted by molar-refractivity contribution is 5.41. The van der Waals surface area contributed by atoms with E-state index in [2.05, 4.69) is 44.5 Å². The highest BCUT2D eigenvalue weighted by Crippen LogP contribution is 2.25. The van der Waals surface area contributed by atoms with Crippen LogP contribution in [0.25, 0.3) is 0 Å². The van der Waals surface area contributed by atoms with Crippen LogP contribution in [-0.4, -0.2) is 29.6 Å². The van der Waals surface area contributed by atoms with Gasteiger partial charge in [0.05, 0.1) is 12.2 Å². The number of rotatable bonds is 2. The van der Waals surface area contributed by atoms with Crippen molar-refractivity contribution >= 4 is 5.82 Å². The predicted molar refractivity (Wildman–Crippen MR) is 71.4 cm³/mol. The zero-order valence-electron chi connectivity index (χ0n) is 10.2. The Morgan fingerprint density at radius 2 is 2.06 bits per heavy atom. The first kappa shape index (κ1) is 11.2. The van der Waals surface area contributed by atoms with E-state index in [1.54, 1.807) is 12.4 Å². The predicted octanol–water partition coefficient (Wildman–Crippen LogP) is 1.63. The summed E-state index contributed by atoms with van der Waals surface area (Å²) in [5, 5.41) is 3.44. The summed E-state index contributed by atoms with van der Waals surface area (Å²) < 4.78 is 0. The molecule has 0 aliphatic carbocycles. The maximum absolute atomic E-state index is 4.41. The van der Waals surface area contributed by atoms with Gasteiger partial charge in [-0.2, -0.15) is 0 Å². The summed E-state index contributed by atoms with van der Waals surface area (Å²) in [4.78, 5) is 10.9. The third-order valence-electron chi connectivity index (χ3n) is 3.27. The molecule has 1 N–H and O–H groups in total. The molecule has 0 amide bonds. The van der Waals surface area contributed by atoms with Gasteiger partial charge in [0.2, 0.25) is 0 Å². The fourth-order valence-electron chi connectivity index (χ4n) is 2.39. The van der Waals surface area contributed by atoms with Crippen LogP contribution in [0.3, 0.4) is 0 Å². The second-order valence-electron chi connectivity index (χ2n) is 4.39. The minimum absolute atomic E-state index is 0.330. The van der Waals surface area contributed by atoms with Gasteiger partial charge in [-0.1, -0.05) is 30.3 Å². The standard InChI is InChI=1S/C14H16N4/c1-2-4-12(5-3-1)13-10-16-8-9-18(13)14-11-15-6-7-17-14/h1-7,11,13,16H,8-10H2. The van der Waals surface area contributed by atoms with Crippen LogP contribution in [0.4, 0.5) is 5.82 Å². The number of hydrogen-bond acceptors (Lipinski definition) is 4. The number of hydrogen-bond donors (Lipinski definition) is 1. The highest BCUT2D eigenvalue weighted by atomic mass is 15.3. The van der Waals surface area contributed by atoms with Gasteiger partial charge >= 0.3 is 0 Å². The molecule has 0 radical (unpaired) electrons. The topological polar surface area (TPSA) is 41.0 Å². The lowest BCUT2D eigenvalue weighted by Gasteiger charge is -2.37. The molecule has 92 valence electrons. The molecule has 18 heavy (non-hydrogen) atoms. The van der Waals surface area contributed by atoms with E-state index in [0.717, 1.165) is 25.5 Å². The van der Waals surface area contributed by atoms with Crippen LogP contribution in [0.5, 0.6) is 0 Å². The second-order valence-corrected chi connectivity index (χ2v) is 4.39. The van der Waals surface area contributed by atoms with Gasteiger partial charge in [0.1, 0.15) is 5.82 Å². The van der Waals surface area contributed by atoms with Crippen molar-refractivity contribution in [2.45, 2.75) is 6.04 Å². The van der Waals surface area contributed by atoms with E-state index < -0.39 is 0 Å². The van der Waals surface area contributed by atoms with E-state index >= 15 is 0 Å². The Balaban J connectivity index is 1.92. The second kappa shape index (κ2) is 5.14. The molecule has 1 atom stereocenters. The minimum Gasteiger partial charge on any atom is -0.346 e. The van der Waals surface area contributed by atoms with Crippen molar-refractivity contribution in [3.63, 3.8) is 0 Å². The fourth-order valence-corrected chi connectivity index (χ4v) is 2.39. The van der Waals surface area contributed by atoms with Crippen molar-refractivity contribution in [3.05, 3.63) is 54.5 Å². The molecule has 1 aliphatic heterocycles. The monoisotopic (exact) mass is 240 g/mol. The van der Waals surface area contributed by atoms with Gasteiger partial charge in [0, 0.05) is 32.0 Å². The van der Waals surface area contributed by atoms with Crippen molar-refractivity contribution in [2.75, 3.05) is 24.5 Å². The molecule has 1 fully saturated rings. The Morgan fingerprint density at radius 3 is 2.83 bits per heavy atom. The van der Waals surface area contributed by atoms with Crippen molar-refractivity contribution in [2.24, 2.45) is 0 Å². The van der Waals surface area contributed by atoms with Crippen molar-refractivity contribution in [1.29, 1.82) is 0 Å². The van der Waals surface area contributed by atoms with Crippen LogP contribution >= 0.6 is 0 Å². The summed E-state index contributed by atoms with van der Waals surface area (Å²) in [6.45, 7) is 2.89. The molecular weight excluding hydrogens is 224 g/mol. The maximum Gasteiger partial charge on any atom is 0.147 e. The molecule has 1 aromatic carbocycles. The SMILES string of the molecule is c1ccc(C2CNCCN2c2cnccn2)cc1. The summed E-state index contributed by atoms with van der Waals surface area (Å²) in [5.74, 6) is 0.952. The van der Waals surface area contributed by atoms with Gasteiger partial charge in [-0.15, -0.1) is 0 Å². The third-order valence-corrected chi connectivity index (χ3v) is 3.27. The molecule has 0 saturated carbocycles. The van der Waals surface area contributed by atoms with Gasteiger partial charge < -0.3 is 10.2 Å². The Labute approximate surface area is 107 Å². The lowest BCUT2D eigenvalue weighted by atomic mass is 10.0. The Bertz CT molecular complexity index is 438. The molecule has 1 aliphatic rings. The molecule has 4 nitrogen and oxygen atoms in total. The van der Waals surface area contributed by atoms with Gasteiger partial charge in [0.15, 0.2) is 0 Å². The fraction of sp³-hybridized carbons (Fsp3) is 0.286. The molecule has 3 rings (SSSR count). The van der Waals surface area contributed by atoms with E-state index in [1.807, 2.05) is 12.3 Å².